The lowest BCUT2D eigenvalue weighted by Crippen LogP contribution is -2.03. The Morgan fingerprint density at radius 1 is 1.25 bits per heavy atom. The van der Waals surface area contributed by atoms with Gasteiger partial charge < -0.3 is 14.6 Å². The van der Waals surface area contributed by atoms with Gasteiger partial charge in [0.25, 0.3) is 0 Å². The van der Waals surface area contributed by atoms with Gasteiger partial charge in [-0.15, -0.1) is 0 Å². The van der Waals surface area contributed by atoms with Crippen molar-refractivity contribution in [2.24, 2.45) is 0 Å². The Labute approximate surface area is 95.8 Å². The van der Waals surface area contributed by atoms with Gasteiger partial charge in [0.05, 0.1) is 13.7 Å². The van der Waals surface area contributed by atoms with E-state index in [0.29, 0.717) is 17.1 Å². The van der Waals surface area contributed by atoms with Crippen molar-refractivity contribution in [3.05, 3.63) is 23.5 Å². The van der Waals surface area contributed by atoms with E-state index in [1.54, 1.807) is 13.0 Å². The average molecular weight is 230 g/mol. The molecule has 0 bridgehead atoms. The number of methoxy groups -OCH3 is 1. The lowest BCUT2D eigenvalue weighted by molar-refractivity contribution is 0.196. The third kappa shape index (κ3) is 4.06. The minimum Gasteiger partial charge on any atom is -0.493 e. The smallest absolute Gasteiger partial charge is 0.164 e. The minimum atomic E-state index is -0.348. The van der Waals surface area contributed by atoms with Crippen molar-refractivity contribution in [1.29, 1.82) is 0 Å². The van der Waals surface area contributed by atoms with Gasteiger partial charge in [-0.3, -0.25) is 0 Å². The first-order valence-corrected chi connectivity index (χ1v) is 5.27. The Morgan fingerprint density at radius 3 is 2.38 bits per heavy atom. The SMILES string of the molecule is CC.COc1cc(C)c(F)cc1OCCO. The van der Waals surface area contributed by atoms with Gasteiger partial charge in [0.1, 0.15) is 12.4 Å². The summed E-state index contributed by atoms with van der Waals surface area (Å²) in [7, 11) is 1.48. The van der Waals surface area contributed by atoms with Gasteiger partial charge in [0.15, 0.2) is 11.5 Å². The van der Waals surface area contributed by atoms with Gasteiger partial charge >= 0.3 is 0 Å². The van der Waals surface area contributed by atoms with Crippen LogP contribution in [0.4, 0.5) is 4.39 Å². The number of rotatable bonds is 4. The fourth-order valence-electron chi connectivity index (χ4n) is 1.06. The van der Waals surface area contributed by atoms with Crippen LogP contribution in [-0.4, -0.2) is 25.4 Å². The molecule has 0 amide bonds. The quantitative estimate of drug-likeness (QED) is 0.863. The fraction of sp³-hybridized carbons (Fsp3) is 0.500. The predicted molar refractivity (Wildman–Crippen MR) is 61.6 cm³/mol. The molecule has 1 aromatic carbocycles. The molecular formula is C12H19FO3. The van der Waals surface area contributed by atoms with Gasteiger partial charge in [0, 0.05) is 6.07 Å². The molecule has 0 heterocycles. The Kier molecular flexibility index (Phi) is 7.29. The van der Waals surface area contributed by atoms with Crippen molar-refractivity contribution in [2.75, 3.05) is 20.3 Å². The molecule has 1 rings (SSSR count). The zero-order valence-electron chi connectivity index (χ0n) is 10.2. The van der Waals surface area contributed by atoms with E-state index in [-0.39, 0.29) is 19.0 Å². The van der Waals surface area contributed by atoms with Crippen LogP contribution in [0, 0.1) is 12.7 Å². The molecule has 0 aliphatic carbocycles. The van der Waals surface area contributed by atoms with E-state index in [0.717, 1.165) is 0 Å². The Hall–Kier alpha value is -1.29. The summed E-state index contributed by atoms with van der Waals surface area (Å²) in [5.74, 6) is 0.431. The molecule has 92 valence electrons. The second-order valence-electron chi connectivity index (χ2n) is 2.82. The Balaban J connectivity index is 0.00000106. The summed E-state index contributed by atoms with van der Waals surface area (Å²) in [6.45, 7) is 5.66. The lowest BCUT2D eigenvalue weighted by Gasteiger charge is -2.10. The third-order valence-electron chi connectivity index (χ3n) is 1.79. The molecule has 0 aliphatic heterocycles. The second kappa shape index (κ2) is 7.93. The van der Waals surface area contributed by atoms with Crippen LogP contribution in [0.2, 0.25) is 0 Å². The number of aliphatic hydroxyl groups is 1. The molecule has 0 atom stereocenters. The molecule has 1 N–H and O–H groups in total. The molecule has 0 saturated heterocycles. The van der Waals surface area contributed by atoms with E-state index in [2.05, 4.69) is 0 Å². The first-order valence-electron chi connectivity index (χ1n) is 5.27. The summed E-state index contributed by atoms with van der Waals surface area (Å²) in [6, 6.07) is 2.81. The molecule has 1 aromatic rings. The summed E-state index contributed by atoms with van der Waals surface area (Å²) in [4.78, 5) is 0. The van der Waals surface area contributed by atoms with E-state index in [1.807, 2.05) is 13.8 Å². The molecule has 0 aliphatic rings. The number of halogens is 1. The predicted octanol–water partition coefficient (Wildman–Crippen LogP) is 2.54. The van der Waals surface area contributed by atoms with Gasteiger partial charge in [-0.05, 0) is 18.6 Å². The largest absolute Gasteiger partial charge is 0.493 e. The zero-order chi connectivity index (χ0) is 12.6. The van der Waals surface area contributed by atoms with Crippen LogP contribution in [0.1, 0.15) is 19.4 Å². The van der Waals surface area contributed by atoms with E-state index in [4.69, 9.17) is 14.6 Å². The highest BCUT2D eigenvalue weighted by Crippen LogP contribution is 2.29. The topological polar surface area (TPSA) is 38.7 Å². The lowest BCUT2D eigenvalue weighted by atomic mass is 10.2. The molecule has 0 aromatic heterocycles. The van der Waals surface area contributed by atoms with Crippen LogP contribution in [0.3, 0.4) is 0 Å². The fourth-order valence-corrected chi connectivity index (χ4v) is 1.06. The number of ether oxygens (including phenoxy) is 2. The maximum atomic E-state index is 13.1. The molecule has 16 heavy (non-hydrogen) atoms. The summed E-state index contributed by atoms with van der Waals surface area (Å²) >= 11 is 0. The van der Waals surface area contributed by atoms with Crippen molar-refractivity contribution in [3.63, 3.8) is 0 Å². The van der Waals surface area contributed by atoms with Crippen molar-refractivity contribution in [2.45, 2.75) is 20.8 Å². The normalized spacial score (nSPS) is 9.12. The van der Waals surface area contributed by atoms with Gasteiger partial charge in [-0.25, -0.2) is 4.39 Å². The highest BCUT2D eigenvalue weighted by Gasteiger charge is 2.08. The van der Waals surface area contributed by atoms with Crippen molar-refractivity contribution < 1.29 is 19.0 Å². The van der Waals surface area contributed by atoms with Crippen LogP contribution in [-0.2, 0) is 0 Å². The molecular weight excluding hydrogens is 211 g/mol. The van der Waals surface area contributed by atoms with Crippen LogP contribution >= 0.6 is 0 Å². The van der Waals surface area contributed by atoms with Crippen LogP contribution < -0.4 is 9.47 Å². The van der Waals surface area contributed by atoms with E-state index in [9.17, 15) is 4.39 Å². The molecule has 0 saturated carbocycles. The molecule has 0 fully saturated rings. The van der Waals surface area contributed by atoms with E-state index in [1.165, 1.54) is 13.2 Å². The maximum Gasteiger partial charge on any atom is 0.164 e. The van der Waals surface area contributed by atoms with Gasteiger partial charge in [-0.1, -0.05) is 13.8 Å². The molecule has 3 nitrogen and oxygen atoms in total. The van der Waals surface area contributed by atoms with E-state index >= 15 is 0 Å². The summed E-state index contributed by atoms with van der Waals surface area (Å²) in [6.07, 6.45) is 0. The average Bonchev–Trinajstić information content (AvgIpc) is 2.32. The number of benzene rings is 1. The summed E-state index contributed by atoms with van der Waals surface area (Å²) in [5.41, 5.74) is 0.498. The zero-order valence-corrected chi connectivity index (χ0v) is 10.2. The molecule has 0 spiro atoms. The first kappa shape index (κ1) is 14.7. The monoisotopic (exact) mass is 230 g/mol. The minimum absolute atomic E-state index is 0.112. The van der Waals surface area contributed by atoms with Crippen LogP contribution in [0.15, 0.2) is 12.1 Å². The number of hydrogen-bond acceptors (Lipinski definition) is 3. The molecule has 0 radical (unpaired) electrons. The van der Waals surface area contributed by atoms with Crippen molar-refractivity contribution >= 4 is 0 Å². The Morgan fingerprint density at radius 2 is 1.88 bits per heavy atom. The highest BCUT2D eigenvalue weighted by atomic mass is 19.1. The number of aryl methyl sites for hydroxylation is 1. The third-order valence-corrected chi connectivity index (χ3v) is 1.79. The molecule has 4 heteroatoms. The number of hydrogen-bond donors (Lipinski definition) is 1. The van der Waals surface area contributed by atoms with Crippen molar-refractivity contribution in [1.82, 2.24) is 0 Å². The standard InChI is InChI=1S/C10H13FO3.C2H6/c1-7-5-9(13-2)10(6-8(7)11)14-4-3-12;1-2/h5-6,12H,3-4H2,1-2H3;1-2H3. The van der Waals surface area contributed by atoms with Crippen LogP contribution in [0.5, 0.6) is 11.5 Å². The Bertz CT molecular complexity index is 313. The number of aliphatic hydroxyl groups excluding tert-OH is 1. The summed E-state index contributed by atoms with van der Waals surface area (Å²) < 4.78 is 23.2. The second-order valence-corrected chi connectivity index (χ2v) is 2.82. The highest BCUT2D eigenvalue weighted by molar-refractivity contribution is 5.43. The van der Waals surface area contributed by atoms with E-state index < -0.39 is 0 Å². The summed E-state index contributed by atoms with van der Waals surface area (Å²) in [5, 5.41) is 8.56. The van der Waals surface area contributed by atoms with Gasteiger partial charge in [-0.2, -0.15) is 0 Å². The first-order chi connectivity index (χ1) is 7.69. The maximum absolute atomic E-state index is 13.1. The van der Waals surface area contributed by atoms with Crippen LogP contribution in [0.25, 0.3) is 0 Å². The molecule has 0 unspecified atom stereocenters. The van der Waals surface area contributed by atoms with Crippen molar-refractivity contribution in [3.8, 4) is 11.5 Å². The van der Waals surface area contributed by atoms with Gasteiger partial charge in [0.2, 0.25) is 0 Å².